The molecule has 0 saturated heterocycles. The van der Waals surface area contributed by atoms with Gasteiger partial charge in [-0.3, -0.25) is 0 Å². The van der Waals surface area contributed by atoms with Gasteiger partial charge in [0.2, 0.25) is 0 Å². The normalized spacial score (nSPS) is 12.4. The van der Waals surface area contributed by atoms with E-state index in [9.17, 15) is 0 Å². The zero-order valence-corrected chi connectivity index (χ0v) is 11.1. The lowest BCUT2D eigenvalue weighted by atomic mass is 10.2. The van der Waals surface area contributed by atoms with Crippen LogP contribution in [0.3, 0.4) is 0 Å². The minimum atomic E-state index is 0.109. The molecule has 0 fully saturated rings. The molecule has 0 spiro atoms. The quantitative estimate of drug-likeness (QED) is 0.668. The molecule has 0 aliphatic carbocycles. The number of benzene rings is 1. The smallest absolute Gasteiger partial charge is 0.125 e. The van der Waals surface area contributed by atoms with Gasteiger partial charge in [-0.1, -0.05) is 0 Å². The van der Waals surface area contributed by atoms with Crippen molar-refractivity contribution in [1.82, 2.24) is 0 Å². The lowest BCUT2D eigenvalue weighted by Crippen LogP contribution is -2.07. The second kappa shape index (κ2) is 4.78. The number of hydrogen-bond donors (Lipinski definition) is 2. The number of nitrogen functional groups attached to an aromatic ring is 1. The van der Waals surface area contributed by atoms with Crippen molar-refractivity contribution in [1.29, 1.82) is 0 Å². The van der Waals surface area contributed by atoms with Crippen LogP contribution in [-0.2, 0) is 0 Å². The molecule has 2 rings (SSSR count). The van der Waals surface area contributed by atoms with Crippen molar-refractivity contribution in [3.05, 3.63) is 45.9 Å². The van der Waals surface area contributed by atoms with Gasteiger partial charge in [-0.05, 0) is 59.8 Å². The first-order valence-corrected chi connectivity index (χ1v) is 6.09. The lowest BCUT2D eigenvalue weighted by Gasteiger charge is -2.14. The Morgan fingerprint density at radius 1 is 1.38 bits per heavy atom. The van der Waals surface area contributed by atoms with E-state index in [1.165, 1.54) is 0 Å². The summed E-state index contributed by atoms with van der Waals surface area (Å²) in [6, 6.07) is 9.88. The van der Waals surface area contributed by atoms with E-state index in [-0.39, 0.29) is 6.04 Å². The summed E-state index contributed by atoms with van der Waals surface area (Å²) < 4.78 is 6.46. The van der Waals surface area contributed by atoms with E-state index in [0.717, 1.165) is 20.7 Å². The molecule has 0 radical (unpaired) electrons. The van der Waals surface area contributed by atoms with Gasteiger partial charge >= 0.3 is 0 Å². The fourth-order valence-corrected chi connectivity index (χ4v) is 2.02. The molecule has 0 aliphatic rings. The van der Waals surface area contributed by atoms with Crippen LogP contribution in [0.2, 0.25) is 0 Å². The number of hydrogen-bond acceptors (Lipinski definition) is 3. The zero-order chi connectivity index (χ0) is 11.5. The second-order valence-corrected chi connectivity index (χ2v) is 4.86. The van der Waals surface area contributed by atoms with E-state index in [1.807, 2.05) is 37.3 Å². The van der Waals surface area contributed by atoms with Gasteiger partial charge < -0.3 is 15.5 Å². The second-order valence-electron chi connectivity index (χ2n) is 3.61. The van der Waals surface area contributed by atoms with Crippen LogP contribution in [0.15, 0.2) is 41.0 Å². The summed E-state index contributed by atoms with van der Waals surface area (Å²) >= 11 is 2.24. The standard InChI is InChI=1S/C12H13IN2O/c1-8(12-3-2-6-16-12)15-11-5-4-9(13)7-10(11)14/h2-8,15H,14H2,1H3. The number of anilines is 2. The molecule has 1 heterocycles. The van der Waals surface area contributed by atoms with Gasteiger partial charge in [0.15, 0.2) is 0 Å². The van der Waals surface area contributed by atoms with Crippen LogP contribution in [0.1, 0.15) is 18.7 Å². The monoisotopic (exact) mass is 328 g/mol. The molecule has 1 atom stereocenters. The van der Waals surface area contributed by atoms with Crippen molar-refractivity contribution >= 4 is 34.0 Å². The Labute approximate surface area is 108 Å². The molecule has 1 unspecified atom stereocenters. The van der Waals surface area contributed by atoms with E-state index >= 15 is 0 Å². The summed E-state index contributed by atoms with van der Waals surface area (Å²) in [6.07, 6.45) is 1.67. The van der Waals surface area contributed by atoms with Gasteiger partial charge in [-0.15, -0.1) is 0 Å². The van der Waals surface area contributed by atoms with Crippen LogP contribution in [0.5, 0.6) is 0 Å². The van der Waals surface area contributed by atoms with Crippen molar-refractivity contribution in [3.63, 3.8) is 0 Å². The fraction of sp³-hybridized carbons (Fsp3) is 0.167. The number of rotatable bonds is 3. The molecule has 1 aromatic carbocycles. The zero-order valence-electron chi connectivity index (χ0n) is 8.91. The van der Waals surface area contributed by atoms with Crippen LogP contribution in [0.25, 0.3) is 0 Å². The van der Waals surface area contributed by atoms with Crippen LogP contribution in [0.4, 0.5) is 11.4 Å². The number of furan rings is 1. The summed E-state index contributed by atoms with van der Waals surface area (Å²) in [5.41, 5.74) is 7.61. The molecule has 3 N–H and O–H groups in total. The van der Waals surface area contributed by atoms with Crippen LogP contribution < -0.4 is 11.1 Å². The van der Waals surface area contributed by atoms with Crippen LogP contribution in [-0.4, -0.2) is 0 Å². The minimum Gasteiger partial charge on any atom is -0.467 e. The summed E-state index contributed by atoms with van der Waals surface area (Å²) in [5.74, 6) is 0.901. The highest BCUT2D eigenvalue weighted by atomic mass is 127. The Bertz CT molecular complexity index is 468. The molecule has 0 aliphatic heterocycles. The highest BCUT2D eigenvalue weighted by Crippen LogP contribution is 2.25. The van der Waals surface area contributed by atoms with Gasteiger partial charge in [0.1, 0.15) is 5.76 Å². The topological polar surface area (TPSA) is 51.2 Å². The molecule has 0 amide bonds. The first-order chi connectivity index (χ1) is 7.66. The van der Waals surface area contributed by atoms with Crippen LogP contribution >= 0.6 is 22.6 Å². The summed E-state index contributed by atoms with van der Waals surface area (Å²) in [5, 5.41) is 3.32. The van der Waals surface area contributed by atoms with Gasteiger partial charge in [0.05, 0.1) is 23.7 Å². The van der Waals surface area contributed by atoms with Gasteiger partial charge in [0, 0.05) is 3.57 Å². The summed E-state index contributed by atoms with van der Waals surface area (Å²) in [6.45, 7) is 2.04. The average molecular weight is 328 g/mol. The minimum absolute atomic E-state index is 0.109. The van der Waals surface area contributed by atoms with Crippen molar-refractivity contribution in [2.45, 2.75) is 13.0 Å². The van der Waals surface area contributed by atoms with Crippen molar-refractivity contribution < 1.29 is 4.42 Å². The Balaban J connectivity index is 2.15. The first-order valence-electron chi connectivity index (χ1n) is 5.02. The number of halogens is 1. The van der Waals surface area contributed by atoms with Gasteiger partial charge in [0.25, 0.3) is 0 Å². The van der Waals surface area contributed by atoms with Crippen molar-refractivity contribution in [2.24, 2.45) is 0 Å². The summed E-state index contributed by atoms with van der Waals surface area (Å²) in [7, 11) is 0. The molecule has 4 heteroatoms. The first kappa shape index (κ1) is 11.3. The average Bonchev–Trinajstić information content (AvgIpc) is 2.75. The van der Waals surface area contributed by atoms with Gasteiger partial charge in [-0.25, -0.2) is 0 Å². The Kier molecular flexibility index (Phi) is 3.38. The van der Waals surface area contributed by atoms with Crippen molar-refractivity contribution in [3.8, 4) is 0 Å². The SMILES string of the molecule is CC(Nc1ccc(I)cc1N)c1ccco1. The largest absolute Gasteiger partial charge is 0.467 e. The maximum atomic E-state index is 5.93. The van der Waals surface area contributed by atoms with E-state index in [2.05, 4.69) is 27.9 Å². The highest BCUT2D eigenvalue weighted by Gasteiger charge is 2.09. The Morgan fingerprint density at radius 3 is 2.81 bits per heavy atom. The Morgan fingerprint density at radius 2 is 2.19 bits per heavy atom. The maximum absolute atomic E-state index is 5.93. The van der Waals surface area contributed by atoms with E-state index in [0.29, 0.717) is 0 Å². The van der Waals surface area contributed by atoms with E-state index in [4.69, 9.17) is 10.2 Å². The predicted octanol–water partition coefficient (Wildman–Crippen LogP) is 3.64. The third kappa shape index (κ3) is 2.49. The molecule has 0 saturated carbocycles. The summed E-state index contributed by atoms with van der Waals surface area (Å²) in [4.78, 5) is 0. The number of nitrogens with two attached hydrogens (primary N) is 1. The van der Waals surface area contributed by atoms with Crippen molar-refractivity contribution in [2.75, 3.05) is 11.1 Å². The molecule has 1 aromatic heterocycles. The van der Waals surface area contributed by atoms with Gasteiger partial charge in [-0.2, -0.15) is 0 Å². The molecule has 3 nitrogen and oxygen atoms in total. The lowest BCUT2D eigenvalue weighted by molar-refractivity contribution is 0.490. The molecular formula is C12H13IN2O. The Hall–Kier alpha value is -1.17. The highest BCUT2D eigenvalue weighted by molar-refractivity contribution is 14.1. The molecular weight excluding hydrogens is 315 g/mol. The molecule has 0 bridgehead atoms. The molecule has 2 aromatic rings. The van der Waals surface area contributed by atoms with E-state index < -0.39 is 0 Å². The maximum Gasteiger partial charge on any atom is 0.125 e. The predicted molar refractivity (Wildman–Crippen MR) is 74.3 cm³/mol. The third-order valence-corrected chi connectivity index (χ3v) is 3.03. The molecule has 16 heavy (non-hydrogen) atoms. The molecule has 84 valence electrons. The van der Waals surface area contributed by atoms with Crippen LogP contribution in [0, 0.1) is 3.57 Å². The van der Waals surface area contributed by atoms with E-state index in [1.54, 1.807) is 6.26 Å². The fourth-order valence-electron chi connectivity index (χ4n) is 1.51. The third-order valence-electron chi connectivity index (χ3n) is 2.36. The number of nitrogens with one attached hydrogen (secondary N) is 1.